The summed E-state index contributed by atoms with van der Waals surface area (Å²) in [5.41, 5.74) is -0.685. The minimum Gasteiger partial charge on any atom is -0.381 e. The first-order chi connectivity index (χ1) is 7.67. The minimum absolute atomic E-state index is 0.00792. The molecule has 0 unspecified atom stereocenters. The first-order valence-corrected chi connectivity index (χ1v) is 5.98. The Morgan fingerprint density at radius 2 is 2.00 bits per heavy atom. The Morgan fingerprint density at radius 3 is 2.44 bits per heavy atom. The van der Waals surface area contributed by atoms with E-state index < -0.39 is 5.54 Å². The average Bonchev–Trinajstić information content (AvgIpc) is 2.37. The third kappa shape index (κ3) is 2.96. The van der Waals surface area contributed by atoms with Crippen molar-refractivity contribution in [3.63, 3.8) is 0 Å². The summed E-state index contributed by atoms with van der Waals surface area (Å²) >= 11 is 0. The van der Waals surface area contributed by atoms with Crippen molar-refractivity contribution in [2.75, 3.05) is 13.2 Å². The number of hydrogen-bond donors (Lipinski definition) is 1. The van der Waals surface area contributed by atoms with Gasteiger partial charge >= 0.3 is 0 Å². The van der Waals surface area contributed by atoms with Gasteiger partial charge in [0.2, 0.25) is 5.91 Å². The lowest BCUT2D eigenvalue weighted by Crippen LogP contribution is -2.49. The quantitative estimate of drug-likeness (QED) is 0.789. The van der Waals surface area contributed by atoms with Crippen LogP contribution in [-0.2, 0) is 9.53 Å². The fraction of sp³-hybridized carbons (Fsp3) is 0.833. The van der Waals surface area contributed by atoms with Crippen molar-refractivity contribution in [2.45, 2.75) is 45.1 Å². The number of rotatable bonds is 4. The lowest BCUT2D eigenvalue weighted by atomic mass is 9.92. The van der Waals surface area contributed by atoms with Crippen LogP contribution in [0.4, 0.5) is 0 Å². The van der Waals surface area contributed by atoms with Crippen LogP contribution in [0.3, 0.4) is 0 Å². The predicted octanol–water partition coefficient (Wildman–Crippen LogP) is 1.61. The number of amides is 1. The molecule has 0 bridgehead atoms. The molecule has 0 spiro atoms. The zero-order valence-electron chi connectivity index (χ0n) is 10.1. The Kier molecular flexibility index (Phi) is 4.75. The number of hydrogen-bond acceptors (Lipinski definition) is 3. The molecule has 0 aliphatic carbocycles. The van der Waals surface area contributed by atoms with Crippen molar-refractivity contribution in [3.05, 3.63) is 0 Å². The van der Waals surface area contributed by atoms with E-state index in [0.717, 1.165) is 12.8 Å². The van der Waals surface area contributed by atoms with Gasteiger partial charge in [0.15, 0.2) is 0 Å². The maximum Gasteiger partial charge on any atom is 0.224 e. The summed E-state index contributed by atoms with van der Waals surface area (Å²) in [6.07, 6.45) is 2.82. The number of carbonyl (C=O) groups excluding carboxylic acids is 1. The second-order valence-corrected chi connectivity index (χ2v) is 4.28. The Morgan fingerprint density at radius 1 is 1.44 bits per heavy atom. The lowest BCUT2D eigenvalue weighted by molar-refractivity contribution is -0.129. The maximum absolute atomic E-state index is 12.0. The first kappa shape index (κ1) is 13.0. The number of ether oxygens (including phenoxy) is 1. The molecule has 90 valence electrons. The lowest BCUT2D eigenvalue weighted by Gasteiger charge is -2.29. The van der Waals surface area contributed by atoms with Crippen LogP contribution < -0.4 is 5.32 Å². The van der Waals surface area contributed by atoms with Gasteiger partial charge in [0, 0.05) is 19.1 Å². The number of nitrogens with zero attached hydrogens (tertiary/aromatic N) is 1. The molecular formula is C12H20N2O2. The Balaban J connectivity index is 2.57. The summed E-state index contributed by atoms with van der Waals surface area (Å²) in [6, 6.07) is 2.22. The molecule has 0 saturated carbocycles. The summed E-state index contributed by atoms with van der Waals surface area (Å²) in [4.78, 5) is 12.0. The van der Waals surface area contributed by atoms with Crippen molar-refractivity contribution < 1.29 is 9.53 Å². The minimum atomic E-state index is -0.685. The fourth-order valence-corrected chi connectivity index (χ4v) is 1.91. The molecule has 4 heteroatoms. The molecule has 1 aliphatic rings. The van der Waals surface area contributed by atoms with Crippen LogP contribution in [0.1, 0.15) is 39.5 Å². The molecule has 1 heterocycles. The molecule has 0 radical (unpaired) electrons. The molecule has 1 amide bonds. The molecule has 0 atom stereocenters. The summed E-state index contributed by atoms with van der Waals surface area (Å²) in [6.45, 7) is 5.15. The third-order valence-corrected chi connectivity index (χ3v) is 3.38. The van der Waals surface area contributed by atoms with E-state index in [-0.39, 0.29) is 11.8 Å². The fourth-order valence-electron chi connectivity index (χ4n) is 1.91. The van der Waals surface area contributed by atoms with E-state index in [1.807, 2.05) is 13.8 Å². The number of carbonyl (C=O) groups is 1. The van der Waals surface area contributed by atoms with Crippen LogP contribution >= 0.6 is 0 Å². The molecule has 0 aromatic rings. The van der Waals surface area contributed by atoms with Crippen LogP contribution in [0, 0.1) is 17.2 Å². The zero-order chi connectivity index (χ0) is 12.0. The van der Waals surface area contributed by atoms with Gasteiger partial charge in [-0.3, -0.25) is 4.79 Å². The van der Waals surface area contributed by atoms with Crippen molar-refractivity contribution in [3.8, 4) is 6.07 Å². The number of nitriles is 1. The monoisotopic (exact) mass is 224 g/mol. The smallest absolute Gasteiger partial charge is 0.224 e. The highest BCUT2D eigenvalue weighted by molar-refractivity contribution is 5.80. The van der Waals surface area contributed by atoms with Gasteiger partial charge in [-0.15, -0.1) is 0 Å². The molecular weight excluding hydrogens is 204 g/mol. The Hall–Kier alpha value is -1.08. The van der Waals surface area contributed by atoms with Crippen molar-refractivity contribution in [1.82, 2.24) is 5.32 Å². The van der Waals surface area contributed by atoms with Gasteiger partial charge in [0.1, 0.15) is 5.54 Å². The average molecular weight is 224 g/mol. The van der Waals surface area contributed by atoms with Gasteiger partial charge in [0.05, 0.1) is 6.07 Å². The van der Waals surface area contributed by atoms with Crippen molar-refractivity contribution in [1.29, 1.82) is 5.26 Å². The van der Waals surface area contributed by atoms with Gasteiger partial charge in [-0.25, -0.2) is 0 Å². The van der Waals surface area contributed by atoms with E-state index in [9.17, 15) is 4.79 Å². The normalized spacial score (nSPS) is 17.8. The summed E-state index contributed by atoms with van der Waals surface area (Å²) in [5, 5.41) is 12.0. The van der Waals surface area contributed by atoms with E-state index in [4.69, 9.17) is 10.00 Å². The van der Waals surface area contributed by atoms with E-state index in [1.165, 1.54) is 0 Å². The van der Waals surface area contributed by atoms with Crippen LogP contribution in [0.15, 0.2) is 0 Å². The van der Waals surface area contributed by atoms with Gasteiger partial charge < -0.3 is 10.1 Å². The second-order valence-electron chi connectivity index (χ2n) is 4.28. The van der Waals surface area contributed by atoms with Gasteiger partial charge in [-0.1, -0.05) is 13.8 Å². The highest BCUT2D eigenvalue weighted by Gasteiger charge is 2.31. The first-order valence-electron chi connectivity index (χ1n) is 5.98. The van der Waals surface area contributed by atoms with Gasteiger partial charge in [-0.05, 0) is 25.7 Å². The molecule has 0 aromatic heterocycles. The molecule has 1 rings (SSSR count). The van der Waals surface area contributed by atoms with Gasteiger partial charge in [-0.2, -0.15) is 5.26 Å². The molecule has 16 heavy (non-hydrogen) atoms. The highest BCUT2D eigenvalue weighted by atomic mass is 16.5. The Labute approximate surface area is 97.0 Å². The summed E-state index contributed by atoms with van der Waals surface area (Å²) in [7, 11) is 0. The number of nitrogens with one attached hydrogen (secondary N) is 1. The Bertz CT molecular complexity index is 273. The van der Waals surface area contributed by atoms with Crippen LogP contribution in [0.25, 0.3) is 0 Å². The second kappa shape index (κ2) is 5.86. The maximum atomic E-state index is 12.0. The molecule has 1 saturated heterocycles. The van der Waals surface area contributed by atoms with Crippen LogP contribution in [0.5, 0.6) is 0 Å². The van der Waals surface area contributed by atoms with E-state index in [0.29, 0.717) is 26.1 Å². The molecule has 1 N–H and O–H groups in total. The summed E-state index contributed by atoms with van der Waals surface area (Å²) < 4.78 is 5.21. The van der Waals surface area contributed by atoms with Crippen LogP contribution in [-0.4, -0.2) is 24.7 Å². The van der Waals surface area contributed by atoms with E-state index >= 15 is 0 Å². The zero-order valence-corrected chi connectivity index (χ0v) is 10.1. The topological polar surface area (TPSA) is 62.1 Å². The largest absolute Gasteiger partial charge is 0.381 e. The van der Waals surface area contributed by atoms with Crippen molar-refractivity contribution >= 4 is 5.91 Å². The van der Waals surface area contributed by atoms with E-state index in [1.54, 1.807) is 0 Å². The molecule has 0 aromatic carbocycles. The predicted molar refractivity (Wildman–Crippen MR) is 60.6 cm³/mol. The molecule has 4 nitrogen and oxygen atoms in total. The third-order valence-electron chi connectivity index (χ3n) is 3.38. The molecule has 1 fully saturated rings. The SMILES string of the molecule is CCC(C#N)(CC)NC(=O)C1CCOCC1. The van der Waals surface area contributed by atoms with Gasteiger partial charge in [0.25, 0.3) is 0 Å². The standard InChI is InChI=1S/C12H20N2O2/c1-3-12(4-2,9-13)14-11(15)10-5-7-16-8-6-10/h10H,3-8H2,1-2H3,(H,14,15). The summed E-state index contributed by atoms with van der Waals surface area (Å²) in [5.74, 6) is 0.0214. The van der Waals surface area contributed by atoms with Crippen LogP contribution in [0.2, 0.25) is 0 Å². The molecule has 1 aliphatic heterocycles. The van der Waals surface area contributed by atoms with E-state index in [2.05, 4.69) is 11.4 Å². The van der Waals surface area contributed by atoms with Crippen molar-refractivity contribution in [2.24, 2.45) is 5.92 Å². The highest BCUT2D eigenvalue weighted by Crippen LogP contribution is 2.19.